The van der Waals surface area contributed by atoms with E-state index in [0.717, 1.165) is 25.9 Å². The molecule has 1 unspecified atom stereocenters. The molecule has 0 aliphatic carbocycles. The van der Waals surface area contributed by atoms with Crippen molar-refractivity contribution in [1.29, 1.82) is 0 Å². The van der Waals surface area contributed by atoms with Crippen LogP contribution in [0.1, 0.15) is 56.3 Å². The van der Waals surface area contributed by atoms with Crippen molar-refractivity contribution >= 4 is 5.91 Å². The Bertz CT molecular complexity index is 434. The standard InChI is InChI=1S/C15H27N3O3/c1-4-6-7-16-10-15(3,5-2)11-17-14(20)13-8-12(9-19)21-18-13/h8,16,19H,4-7,9-11H2,1-3H3,(H,17,20). The summed E-state index contributed by atoms with van der Waals surface area (Å²) in [5, 5.41) is 18.9. The maximum atomic E-state index is 12.0. The van der Waals surface area contributed by atoms with Crippen molar-refractivity contribution in [3.05, 3.63) is 17.5 Å². The number of carbonyl (C=O) groups is 1. The minimum Gasteiger partial charge on any atom is -0.388 e. The molecule has 0 bridgehead atoms. The highest BCUT2D eigenvalue weighted by Gasteiger charge is 2.23. The summed E-state index contributed by atoms with van der Waals surface area (Å²) >= 11 is 0. The number of aliphatic hydroxyl groups excluding tert-OH is 1. The second-order valence-electron chi connectivity index (χ2n) is 5.71. The molecule has 0 aliphatic heterocycles. The summed E-state index contributed by atoms with van der Waals surface area (Å²) in [7, 11) is 0. The number of carbonyl (C=O) groups excluding carboxylic acids is 1. The number of amides is 1. The molecule has 0 saturated heterocycles. The predicted molar refractivity (Wildman–Crippen MR) is 80.9 cm³/mol. The Kier molecular flexibility index (Phi) is 7.39. The summed E-state index contributed by atoms with van der Waals surface area (Å²) in [6.45, 7) is 8.62. The van der Waals surface area contributed by atoms with Crippen LogP contribution in [0.4, 0.5) is 0 Å². The van der Waals surface area contributed by atoms with E-state index in [4.69, 9.17) is 9.63 Å². The molecule has 1 heterocycles. The molecule has 3 N–H and O–H groups in total. The predicted octanol–water partition coefficient (Wildman–Crippen LogP) is 1.70. The number of nitrogens with zero attached hydrogens (tertiary/aromatic N) is 1. The smallest absolute Gasteiger partial charge is 0.273 e. The van der Waals surface area contributed by atoms with Gasteiger partial charge in [0.15, 0.2) is 11.5 Å². The number of rotatable bonds is 10. The topological polar surface area (TPSA) is 87.4 Å². The number of hydrogen-bond donors (Lipinski definition) is 3. The fraction of sp³-hybridized carbons (Fsp3) is 0.733. The highest BCUT2D eigenvalue weighted by Crippen LogP contribution is 2.18. The molecule has 0 radical (unpaired) electrons. The zero-order chi connectivity index (χ0) is 15.7. The number of unbranched alkanes of at least 4 members (excludes halogenated alkanes) is 1. The lowest BCUT2D eigenvalue weighted by molar-refractivity contribution is 0.0922. The summed E-state index contributed by atoms with van der Waals surface area (Å²) in [5.41, 5.74) is 0.212. The maximum absolute atomic E-state index is 12.0. The van der Waals surface area contributed by atoms with E-state index in [2.05, 4.69) is 36.6 Å². The van der Waals surface area contributed by atoms with Crippen LogP contribution in [0, 0.1) is 5.41 Å². The molecule has 0 fully saturated rings. The van der Waals surface area contributed by atoms with Gasteiger partial charge in [0.05, 0.1) is 0 Å². The second kappa shape index (κ2) is 8.79. The highest BCUT2D eigenvalue weighted by molar-refractivity contribution is 5.92. The van der Waals surface area contributed by atoms with Crippen LogP contribution in [-0.2, 0) is 6.61 Å². The van der Waals surface area contributed by atoms with Crippen LogP contribution in [0.5, 0.6) is 0 Å². The summed E-state index contributed by atoms with van der Waals surface area (Å²) in [6, 6.07) is 1.46. The van der Waals surface area contributed by atoms with Crippen molar-refractivity contribution < 1.29 is 14.4 Å². The van der Waals surface area contributed by atoms with Crippen molar-refractivity contribution in [2.75, 3.05) is 19.6 Å². The Morgan fingerprint density at radius 1 is 1.43 bits per heavy atom. The van der Waals surface area contributed by atoms with Gasteiger partial charge >= 0.3 is 0 Å². The van der Waals surface area contributed by atoms with E-state index < -0.39 is 0 Å². The lowest BCUT2D eigenvalue weighted by Crippen LogP contribution is -2.42. The molecule has 1 amide bonds. The van der Waals surface area contributed by atoms with Gasteiger partial charge in [-0.1, -0.05) is 32.3 Å². The van der Waals surface area contributed by atoms with Crippen molar-refractivity contribution in [3.8, 4) is 0 Å². The van der Waals surface area contributed by atoms with Gasteiger partial charge in [-0.05, 0) is 24.8 Å². The third-order valence-electron chi connectivity index (χ3n) is 3.74. The molecular formula is C15H27N3O3. The molecule has 6 nitrogen and oxygen atoms in total. The molecule has 0 spiro atoms. The van der Waals surface area contributed by atoms with Crippen molar-refractivity contribution in [2.45, 2.75) is 46.6 Å². The van der Waals surface area contributed by atoms with Gasteiger partial charge in [-0.15, -0.1) is 0 Å². The Morgan fingerprint density at radius 3 is 2.76 bits per heavy atom. The highest BCUT2D eigenvalue weighted by atomic mass is 16.5. The van der Waals surface area contributed by atoms with Crippen LogP contribution in [0.2, 0.25) is 0 Å². The van der Waals surface area contributed by atoms with Crippen molar-refractivity contribution in [2.24, 2.45) is 5.41 Å². The first kappa shape index (κ1) is 17.7. The third kappa shape index (κ3) is 5.85. The maximum Gasteiger partial charge on any atom is 0.273 e. The van der Waals surface area contributed by atoms with E-state index in [-0.39, 0.29) is 23.6 Å². The van der Waals surface area contributed by atoms with Gasteiger partial charge in [0.25, 0.3) is 5.91 Å². The van der Waals surface area contributed by atoms with Gasteiger partial charge in [-0.2, -0.15) is 0 Å². The first-order chi connectivity index (χ1) is 10.0. The van der Waals surface area contributed by atoms with Crippen LogP contribution < -0.4 is 10.6 Å². The molecule has 1 aromatic heterocycles. The van der Waals surface area contributed by atoms with Crippen LogP contribution in [0.3, 0.4) is 0 Å². The summed E-state index contributed by atoms with van der Waals surface area (Å²) in [4.78, 5) is 12.0. The third-order valence-corrected chi connectivity index (χ3v) is 3.74. The van der Waals surface area contributed by atoms with E-state index in [9.17, 15) is 4.79 Å². The number of hydrogen-bond acceptors (Lipinski definition) is 5. The SMILES string of the molecule is CCCCNCC(C)(CC)CNC(=O)c1cc(CO)on1. The lowest BCUT2D eigenvalue weighted by Gasteiger charge is -2.28. The van der Waals surface area contributed by atoms with Gasteiger partial charge in [-0.25, -0.2) is 0 Å². The second-order valence-corrected chi connectivity index (χ2v) is 5.71. The molecule has 1 atom stereocenters. The molecule has 0 aromatic carbocycles. The molecule has 6 heteroatoms. The Morgan fingerprint density at radius 2 is 2.19 bits per heavy atom. The van der Waals surface area contributed by atoms with Gasteiger partial charge in [-0.3, -0.25) is 4.79 Å². The van der Waals surface area contributed by atoms with Crippen LogP contribution in [0.15, 0.2) is 10.6 Å². The minimum atomic E-state index is -0.272. The van der Waals surface area contributed by atoms with E-state index in [1.807, 2.05) is 0 Å². The van der Waals surface area contributed by atoms with Gasteiger partial charge in [0.1, 0.15) is 6.61 Å². The molecule has 120 valence electrons. The van der Waals surface area contributed by atoms with Crippen molar-refractivity contribution in [3.63, 3.8) is 0 Å². The zero-order valence-electron chi connectivity index (χ0n) is 13.2. The summed E-state index contributed by atoms with van der Waals surface area (Å²) in [5.74, 6) is 0.0197. The number of aromatic nitrogens is 1. The zero-order valence-corrected chi connectivity index (χ0v) is 13.2. The average molecular weight is 297 g/mol. The lowest BCUT2D eigenvalue weighted by atomic mass is 9.87. The Balaban J connectivity index is 2.43. The van der Waals surface area contributed by atoms with Crippen LogP contribution >= 0.6 is 0 Å². The van der Waals surface area contributed by atoms with Gasteiger partial charge < -0.3 is 20.3 Å². The summed E-state index contributed by atoms with van der Waals surface area (Å²) < 4.78 is 4.81. The molecule has 0 saturated carbocycles. The quantitative estimate of drug-likeness (QED) is 0.572. The first-order valence-corrected chi connectivity index (χ1v) is 7.60. The number of aliphatic hydroxyl groups is 1. The van der Waals surface area contributed by atoms with Crippen molar-refractivity contribution in [1.82, 2.24) is 15.8 Å². The normalized spacial score (nSPS) is 13.9. The number of nitrogens with one attached hydrogen (secondary N) is 2. The molecule has 1 rings (SSSR count). The fourth-order valence-corrected chi connectivity index (χ4v) is 1.88. The van der Waals surface area contributed by atoms with E-state index in [1.54, 1.807) is 0 Å². The minimum absolute atomic E-state index is 0.00689. The summed E-state index contributed by atoms with van der Waals surface area (Å²) in [6.07, 6.45) is 3.30. The molecule has 21 heavy (non-hydrogen) atoms. The molecule has 0 aliphatic rings. The monoisotopic (exact) mass is 297 g/mol. The van der Waals surface area contributed by atoms with E-state index >= 15 is 0 Å². The Labute approximate surface area is 126 Å². The van der Waals surface area contributed by atoms with E-state index in [1.165, 1.54) is 12.5 Å². The van der Waals surface area contributed by atoms with Gasteiger partial charge in [0.2, 0.25) is 0 Å². The molecular weight excluding hydrogens is 270 g/mol. The fourth-order valence-electron chi connectivity index (χ4n) is 1.88. The largest absolute Gasteiger partial charge is 0.388 e. The van der Waals surface area contributed by atoms with E-state index in [0.29, 0.717) is 12.3 Å². The molecule has 1 aromatic rings. The van der Waals surface area contributed by atoms with Crippen LogP contribution in [0.25, 0.3) is 0 Å². The van der Waals surface area contributed by atoms with Crippen LogP contribution in [-0.4, -0.2) is 35.8 Å². The Hall–Kier alpha value is -1.40. The van der Waals surface area contributed by atoms with Gasteiger partial charge in [0, 0.05) is 19.2 Å². The average Bonchev–Trinajstić information content (AvgIpc) is 2.98. The first-order valence-electron chi connectivity index (χ1n) is 7.60.